The SMILES string of the molecule is CCNC(=NCC(C(CC)CC)N(C)C)NCC1CC(=O)Nc2ccccc21. The highest BCUT2D eigenvalue weighted by Gasteiger charge is 2.25. The Morgan fingerprint density at radius 1 is 1.21 bits per heavy atom. The lowest BCUT2D eigenvalue weighted by Gasteiger charge is -2.30. The first-order valence-corrected chi connectivity index (χ1v) is 10.6. The fourth-order valence-corrected chi connectivity index (χ4v) is 4.00. The van der Waals surface area contributed by atoms with Gasteiger partial charge in [0.05, 0.1) is 6.54 Å². The second-order valence-corrected chi connectivity index (χ2v) is 7.74. The molecule has 1 aromatic rings. The van der Waals surface area contributed by atoms with Crippen molar-refractivity contribution in [3.05, 3.63) is 29.8 Å². The average Bonchev–Trinajstić information content (AvgIpc) is 2.68. The Morgan fingerprint density at radius 2 is 1.93 bits per heavy atom. The number of hydrogen-bond acceptors (Lipinski definition) is 3. The predicted molar refractivity (Wildman–Crippen MR) is 118 cm³/mol. The summed E-state index contributed by atoms with van der Waals surface area (Å²) >= 11 is 0. The van der Waals surface area contributed by atoms with Gasteiger partial charge in [0.2, 0.25) is 5.91 Å². The summed E-state index contributed by atoms with van der Waals surface area (Å²) in [4.78, 5) is 19.2. The van der Waals surface area contributed by atoms with E-state index in [1.807, 2.05) is 18.2 Å². The van der Waals surface area contributed by atoms with Crippen LogP contribution in [0.25, 0.3) is 0 Å². The third-order valence-electron chi connectivity index (χ3n) is 5.66. The van der Waals surface area contributed by atoms with Gasteiger partial charge in [0.25, 0.3) is 0 Å². The number of fused-ring (bicyclic) bond motifs is 1. The number of carbonyl (C=O) groups is 1. The van der Waals surface area contributed by atoms with Crippen LogP contribution in [0.5, 0.6) is 0 Å². The van der Waals surface area contributed by atoms with E-state index >= 15 is 0 Å². The molecule has 6 heteroatoms. The molecule has 0 aromatic heterocycles. The Labute approximate surface area is 170 Å². The molecular weight excluding hydrogens is 350 g/mol. The normalized spacial score (nSPS) is 18.0. The van der Waals surface area contributed by atoms with Gasteiger partial charge in [0.15, 0.2) is 5.96 Å². The van der Waals surface area contributed by atoms with Crippen LogP contribution in [-0.4, -0.2) is 56.5 Å². The number of likely N-dealkylation sites (N-methyl/N-ethyl adjacent to an activating group) is 1. The molecule has 1 aliphatic heterocycles. The molecule has 0 radical (unpaired) electrons. The summed E-state index contributed by atoms with van der Waals surface area (Å²) in [6.07, 6.45) is 2.82. The monoisotopic (exact) mass is 387 g/mol. The van der Waals surface area contributed by atoms with Gasteiger partial charge in [-0.25, -0.2) is 0 Å². The van der Waals surface area contributed by atoms with Crippen LogP contribution in [0.15, 0.2) is 29.3 Å². The fraction of sp³-hybridized carbons (Fsp3) is 0.636. The lowest BCUT2D eigenvalue weighted by Crippen LogP contribution is -2.43. The summed E-state index contributed by atoms with van der Waals surface area (Å²) in [5.74, 6) is 1.69. The van der Waals surface area contributed by atoms with E-state index in [9.17, 15) is 4.79 Å². The zero-order valence-electron chi connectivity index (χ0n) is 18.1. The first kappa shape index (κ1) is 22.2. The minimum absolute atomic E-state index is 0.0776. The van der Waals surface area contributed by atoms with Gasteiger partial charge in [-0.1, -0.05) is 44.9 Å². The van der Waals surface area contributed by atoms with E-state index in [2.05, 4.69) is 61.8 Å². The standard InChI is InChI=1S/C22H37N5O/c1-6-16(7-2)20(27(4)5)15-25-22(23-8-3)24-14-17-13-21(28)26-19-12-10-9-11-18(17)19/h9-12,16-17,20H,6-8,13-15H2,1-5H3,(H,26,28)(H2,23,24,25). The third-order valence-corrected chi connectivity index (χ3v) is 5.66. The second-order valence-electron chi connectivity index (χ2n) is 7.74. The number of hydrogen-bond donors (Lipinski definition) is 3. The number of nitrogens with one attached hydrogen (secondary N) is 3. The van der Waals surface area contributed by atoms with Gasteiger partial charge in [-0.05, 0) is 38.6 Å². The van der Waals surface area contributed by atoms with E-state index < -0.39 is 0 Å². The largest absolute Gasteiger partial charge is 0.357 e. The van der Waals surface area contributed by atoms with Crippen molar-refractivity contribution >= 4 is 17.6 Å². The number of carbonyl (C=O) groups excluding carboxylic acids is 1. The highest BCUT2D eigenvalue weighted by Crippen LogP contribution is 2.31. The minimum Gasteiger partial charge on any atom is -0.357 e. The summed E-state index contributed by atoms with van der Waals surface area (Å²) in [6.45, 7) is 8.84. The maximum absolute atomic E-state index is 12.0. The molecule has 1 amide bonds. The van der Waals surface area contributed by atoms with E-state index in [4.69, 9.17) is 4.99 Å². The van der Waals surface area contributed by atoms with Crippen molar-refractivity contribution in [1.82, 2.24) is 15.5 Å². The Balaban J connectivity index is 2.06. The van der Waals surface area contributed by atoms with Gasteiger partial charge < -0.3 is 20.9 Å². The number of aliphatic imine (C=N–C) groups is 1. The van der Waals surface area contributed by atoms with Gasteiger partial charge in [-0.2, -0.15) is 0 Å². The van der Waals surface area contributed by atoms with E-state index in [1.165, 1.54) is 5.56 Å². The number of guanidine groups is 1. The number of para-hydroxylation sites is 1. The maximum atomic E-state index is 12.0. The van der Waals surface area contributed by atoms with Crippen LogP contribution in [0.3, 0.4) is 0 Å². The minimum atomic E-state index is 0.0776. The molecule has 28 heavy (non-hydrogen) atoms. The summed E-state index contributed by atoms with van der Waals surface area (Å²) < 4.78 is 0. The molecule has 156 valence electrons. The highest BCUT2D eigenvalue weighted by atomic mass is 16.1. The van der Waals surface area contributed by atoms with Gasteiger partial charge >= 0.3 is 0 Å². The van der Waals surface area contributed by atoms with Crippen LogP contribution in [0.1, 0.15) is 51.5 Å². The number of nitrogens with zero attached hydrogens (tertiary/aromatic N) is 2. The molecule has 2 unspecified atom stereocenters. The van der Waals surface area contributed by atoms with Crippen LogP contribution in [0.2, 0.25) is 0 Å². The smallest absolute Gasteiger partial charge is 0.225 e. The van der Waals surface area contributed by atoms with Crippen molar-refractivity contribution in [2.24, 2.45) is 10.9 Å². The van der Waals surface area contributed by atoms with Crippen molar-refractivity contribution < 1.29 is 4.79 Å². The van der Waals surface area contributed by atoms with Gasteiger partial charge in [0, 0.05) is 37.2 Å². The molecular formula is C22H37N5O. The molecule has 0 saturated carbocycles. The molecule has 0 aliphatic carbocycles. The molecule has 6 nitrogen and oxygen atoms in total. The van der Waals surface area contributed by atoms with Crippen molar-refractivity contribution in [2.75, 3.05) is 39.0 Å². The topological polar surface area (TPSA) is 68.8 Å². The molecule has 0 fully saturated rings. The molecule has 0 saturated heterocycles. The van der Waals surface area contributed by atoms with Crippen LogP contribution in [-0.2, 0) is 4.79 Å². The van der Waals surface area contributed by atoms with Crippen molar-refractivity contribution in [3.8, 4) is 0 Å². The predicted octanol–water partition coefficient (Wildman–Crippen LogP) is 3.03. The van der Waals surface area contributed by atoms with E-state index in [1.54, 1.807) is 0 Å². The van der Waals surface area contributed by atoms with Crippen molar-refractivity contribution in [3.63, 3.8) is 0 Å². The maximum Gasteiger partial charge on any atom is 0.225 e. The lowest BCUT2D eigenvalue weighted by atomic mass is 9.90. The highest BCUT2D eigenvalue weighted by molar-refractivity contribution is 5.94. The molecule has 2 rings (SSSR count). The molecule has 3 N–H and O–H groups in total. The van der Waals surface area contributed by atoms with E-state index in [-0.39, 0.29) is 11.8 Å². The summed E-state index contributed by atoms with van der Waals surface area (Å²) in [7, 11) is 4.27. The first-order valence-electron chi connectivity index (χ1n) is 10.6. The molecule has 0 spiro atoms. The zero-order valence-corrected chi connectivity index (χ0v) is 18.1. The number of benzene rings is 1. The van der Waals surface area contributed by atoms with E-state index in [0.717, 1.165) is 37.6 Å². The Kier molecular flexibility index (Phi) is 8.77. The molecule has 1 aromatic carbocycles. The van der Waals surface area contributed by atoms with Crippen molar-refractivity contribution in [1.29, 1.82) is 0 Å². The van der Waals surface area contributed by atoms with Crippen LogP contribution < -0.4 is 16.0 Å². The Hall–Kier alpha value is -2.08. The second kappa shape index (κ2) is 11.1. The molecule has 0 bridgehead atoms. The average molecular weight is 388 g/mol. The number of amides is 1. The van der Waals surface area contributed by atoms with Crippen LogP contribution in [0, 0.1) is 5.92 Å². The van der Waals surface area contributed by atoms with Gasteiger partial charge in [0.1, 0.15) is 0 Å². The Morgan fingerprint density at radius 3 is 2.57 bits per heavy atom. The number of rotatable bonds is 9. The molecule has 1 aliphatic rings. The third kappa shape index (κ3) is 5.96. The van der Waals surface area contributed by atoms with Crippen LogP contribution >= 0.6 is 0 Å². The molecule has 1 heterocycles. The summed E-state index contributed by atoms with van der Waals surface area (Å²) in [5, 5.41) is 9.77. The van der Waals surface area contributed by atoms with E-state index in [0.29, 0.717) is 24.9 Å². The van der Waals surface area contributed by atoms with Gasteiger partial charge in [-0.3, -0.25) is 9.79 Å². The summed E-state index contributed by atoms with van der Waals surface area (Å²) in [5.41, 5.74) is 2.11. The lowest BCUT2D eigenvalue weighted by molar-refractivity contribution is -0.116. The first-order chi connectivity index (χ1) is 13.5. The fourth-order valence-electron chi connectivity index (χ4n) is 4.00. The Bertz CT molecular complexity index is 654. The van der Waals surface area contributed by atoms with Gasteiger partial charge in [-0.15, -0.1) is 0 Å². The van der Waals surface area contributed by atoms with Crippen LogP contribution in [0.4, 0.5) is 5.69 Å². The van der Waals surface area contributed by atoms with Crippen molar-refractivity contribution in [2.45, 2.75) is 52.0 Å². The zero-order chi connectivity index (χ0) is 20.5. The summed E-state index contributed by atoms with van der Waals surface area (Å²) in [6, 6.07) is 8.47. The quantitative estimate of drug-likeness (QED) is 0.450. The molecule has 2 atom stereocenters. The number of anilines is 1.